The van der Waals surface area contributed by atoms with Gasteiger partial charge >= 0.3 is 0 Å². The number of nitrogens with two attached hydrogens (primary N) is 1. The summed E-state index contributed by atoms with van der Waals surface area (Å²) in [6.07, 6.45) is 6.36. The van der Waals surface area contributed by atoms with Gasteiger partial charge in [0.05, 0.1) is 18.0 Å². The largest absolute Gasteiger partial charge is 0.397 e. The molecule has 0 saturated carbocycles. The first-order valence-electron chi connectivity index (χ1n) is 9.93. The van der Waals surface area contributed by atoms with E-state index in [0.717, 1.165) is 19.1 Å². The molecule has 2 heterocycles. The summed E-state index contributed by atoms with van der Waals surface area (Å²) < 4.78 is 2.10. The minimum absolute atomic E-state index is 0.207. The molecule has 0 unspecified atom stereocenters. The average molecular weight is 412 g/mol. The van der Waals surface area contributed by atoms with Gasteiger partial charge in [-0.05, 0) is 36.0 Å². The zero-order chi connectivity index (χ0) is 21.9. The predicted molar refractivity (Wildman–Crippen MR) is 116 cm³/mol. The number of pyridine rings is 1. The standard InChI is InChI=1S/C22H29N5O3/c1-22(2)9-15-8-16(12-28)27(20(15)10-22)7-6-26(3)21-18(13-29)17(4-5-25-21)19(23)11-24-14-30/h4-5,8,11-12,14,29H,6-7,9-10,13,23H2,1-3H3,(H,24,30)/b19-11-. The Hall–Kier alpha value is -3.13. The zero-order valence-electron chi connectivity index (χ0n) is 17.7. The third-order valence-electron chi connectivity index (χ3n) is 5.60. The maximum atomic E-state index is 11.6. The van der Waals surface area contributed by atoms with Gasteiger partial charge in [-0.2, -0.15) is 0 Å². The van der Waals surface area contributed by atoms with Gasteiger partial charge in [0.1, 0.15) is 5.82 Å². The Kier molecular flexibility index (Phi) is 6.26. The molecular formula is C22H29N5O3. The smallest absolute Gasteiger partial charge is 0.211 e. The fourth-order valence-electron chi connectivity index (χ4n) is 4.22. The molecule has 0 atom stereocenters. The lowest BCUT2D eigenvalue weighted by atomic mass is 9.90. The minimum Gasteiger partial charge on any atom is -0.397 e. The molecular weight excluding hydrogens is 382 g/mol. The van der Waals surface area contributed by atoms with Crippen LogP contribution in [-0.2, 0) is 30.8 Å². The highest BCUT2D eigenvalue weighted by molar-refractivity contribution is 5.74. The molecule has 1 aliphatic rings. The van der Waals surface area contributed by atoms with Crippen LogP contribution in [0, 0.1) is 5.41 Å². The summed E-state index contributed by atoms with van der Waals surface area (Å²) in [5.41, 5.74) is 10.9. The molecule has 4 N–H and O–H groups in total. The number of aldehydes is 1. The van der Waals surface area contributed by atoms with Crippen molar-refractivity contribution in [1.29, 1.82) is 0 Å². The van der Waals surface area contributed by atoms with E-state index in [1.165, 1.54) is 17.5 Å². The van der Waals surface area contributed by atoms with Crippen molar-refractivity contribution in [1.82, 2.24) is 14.9 Å². The SMILES string of the molecule is CN(CCn1c(C=O)cc2c1CC(C)(C)C2)c1nccc(/C(N)=C/NC=O)c1CO. The zero-order valence-corrected chi connectivity index (χ0v) is 17.7. The predicted octanol–water partition coefficient (Wildman–Crippen LogP) is 1.45. The highest BCUT2D eigenvalue weighted by Gasteiger charge is 2.32. The lowest BCUT2D eigenvalue weighted by Crippen LogP contribution is -2.27. The molecule has 1 amide bonds. The van der Waals surface area contributed by atoms with Crippen LogP contribution in [0.1, 0.15) is 46.7 Å². The highest BCUT2D eigenvalue weighted by atomic mass is 16.3. The molecule has 8 nitrogen and oxygen atoms in total. The van der Waals surface area contributed by atoms with Crippen LogP contribution < -0.4 is 16.0 Å². The molecule has 8 heteroatoms. The molecule has 0 fully saturated rings. The van der Waals surface area contributed by atoms with Crippen LogP contribution in [0.2, 0.25) is 0 Å². The van der Waals surface area contributed by atoms with Crippen molar-refractivity contribution < 1.29 is 14.7 Å². The van der Waals surface area contributed by atoms with E-state index in [1.54, 1.807) is 12.3 Å². The monoisotopic (exact) mass is 411 g/mol. The number of nitrogens with zero attached hydrogens (tertiary/aromatic N) is 3. The molecule has 0 saturated heterocycles. The number of carbonyl (C=O) groups excluding carboxylic acids is 2. The van der Waals surface area contributed by atoms with E-state index in [2.05, 4.69) is 28.7 Å². The quantitative estimate of drug-likeness (QED) is 0.538. The van der Waals surface area contributed by atoms with Crippen molar-refractivity contribution in [3.63, 3.8) is 0 Å². The number of amides is 1. The Labute approximate surface area is 176 Å². The Bertz CT molecular complexity index is 977. The number of aromatic nitrogens is 2. The summed E-state index contributed by atoms with van der Waals surface area (Å²) in [5.74, 6) is 0.606. The number of nitrogens with one attached hydrogen (secondary N) is 1. The highest BCUT2D eigenvalue weighted by Crippen LogP contribution is 2.37. The first kappa shape index (κ1) is 21.6. The summed E-state index contributed by atoms with van der Waals surface area (Å²) in [5, 5.41) is 12.4. The molecule has 1 aliphatic carbocycles. The summed E-state index contributed by atoms with van der Waals surface area (Å²) >= 11 is 0. The molecule has 0 radical (unpaired) electrons. The van der Waals surface area contributed by atoms with Crippen molar-refractivity contribution >= 4 is 24.2 Å². The van der Waals surface area contributed by atoms with Crippen LogP contribution in [-0.4, -0.2) is 40.9 Å². The van der Waals surface area contributed by atoms with Gasteiger partial charge in [-0.25, -0.2) is 4.98 Å². The van der Waals surface area contributed by atoms with Crippen LogP contribution in [0.4, 0.5) is 5.82 Å². The lowest BCUT2D eigenvalue weighted by molar-refractivity contribution is -0.108. The lowest BCUT2D eigenvalue weighted by Gasteiger charge is -2.24. The number of carbonyl (C=O) groups is 2. The van der Waals surface area contributed by atoms with Gasteiger partial charge in [-0.15, -0.1) is 0 Å². The second kappa shape index (κ2) is 8.71. The van der Waals surface area contributed by atoms with Crippen molar-refractivity contribution in [3.8, 4) is 0 Å². The first-order valence-corrected chi connectivity index (χ1v) is 9.93. The second-order valence-corrected chi connectivity index (χ2v) is 8.45. The molecule has 3 rings (SSSR count). The summed E-state index contributed by atoms with van der Waals surface area (Å²) in [4.78, 5) is 28.5. The summed E-state index contributed by atoms with van der Waals surface area (Å²) in [6.45, 7) is 5.47. The van der Waals surface area contributed by atoms with Crippen LogP contribution in [0.15, 0.2) is 24.5 Å². The molecule has 160 valence electrons. The molecule has 0 spiro atoms. The van der Waals surface area contributed by atoms with Crippen LogP contribution in [0.3, 0.4) is 0 Å². The van der Waals surface area contributed by atoms with E-state index < -0.39 is 0 Å². The molecule has 0 bridgehead atoms. The number of aliphatic hydroxyl groups excluding tert-OH is 1. The number of anilines is 1. The van der Waals surface area contributed by atoms with Gasteiger partial charge < -0.3 is 25.6 Å². The van der Waals surface area contributed by atoms with Crippen molar-refractivity contribution in [3.05, 3.63) is 52.6 Å². The molecule has 2 aromatic heterocycles. The normalized spacial score (nSPS) is 15.0. The van der Waals surface area contributed by atoms with Crippen LogP contribution in [0.25, 0.3) is 5.70 Å². The average Bonchev–Trinajstić information content (AvgIpc) is 3.20. The fraction of sp³-hybridized carbons (Fsp3) is 0.409. The Morgan fingerprint density at radius 2 is 2.17 bits per heavy atom. The van der Waals surface area contributed by atoms with Gasteiger partial charge in [-0.3, -0.25) is 9.59 Å². The number of aliphatic hydroxyl groups is 1. The van der Waals surface area contributed by atoms with E-state index in [4.69, 9.17) is 5.73 Å². The molecule has 2 aromatic rings. The van der Waals surface area contributed by atoms with E-state index in [9.17, 15) is 14.7 Å². The first-order chi connectivity index (χ1) is 14.3. The van der Waals surface area contributed by atoms with Gasteiger partial charge in [0.2, 0.25) is 6.41 Å². The summed E-state index contributed by atoms with van der Waals surface area (Å²) in [6, 6.07) is 3.70. The maximum Gasteiger partial charge on any atom is 0.211 e. The second-order valence-electron chi connectivity index (χ2n) is 8.45. The van der Waals surface area contributed by atoms with E-state index in [0.29, 0.717) is 47.8 Å². The maximum absolute atomic E-state index is 11.6. The topological polar surface area (TPSA) is 113 Å². The third-order valence-corrected chi connectivity index (χ3v) is 5.60. The van der Waals surface area contributed by atoms with E-state index in [1.807, 2.05) is 18.0 Å². The number of hydrogen-bond acceptors (Lipinski definition) is 6. The third kappa shape index (κ3) is 4.23. The van der Waals surface area contributed by atoms with Crippen molar-refractivity contribution in [2.24, 2.45) is 11.1 Å². The van der Waals surface area contributed by atoms with Gasteiger partial charge in [-0.1, -0.05) is 13.8 Å². The number of likely N-dealkylation sites (N-methyl/N-ethyl adjacent to an activating group) is 1. The fourth-order valence-corrected chi connectivity index (χ4v) is 4.22. The van der Waals surface area contributed by atoms with Crippen LogP contribution >= 0.6 is 0 Å². The molecule has 0 aromatic carbocycles. The van der Waals surface area contributed by atoms with Gasteiger partial charge in [0.15, 0.2) is 6.29 Å². The minimum atomic E-state index is -0.245. The molecule has 0 aliphatic heterocycles. The van der Waals surface area contributed by atoms with E-state index >= 15 is 0 Å². The van der Waals surface area contributed by atoms with Gasteiger partial charge in [0.25, 0.3) is 0 Å². The Morgan fingerprint density at radius 1 is 1.40 bits per heavy atom. The Morgan fingerprint density at radius 3 is 2.83 bits per heavy atom. The number of fused-ring (bicyclic) bond motifs is 1. The number of rotatable bonds is 9. The van der Waals surface area contributed by atoms with Crippen molar-refractivity contribution in [2.45, 2.75) is 39.8 Å². The number of hydrogen-bond donors (Lipinski definition) is 3. The summed E-state index contributed by atoms with van der Waals surface area (Å²) in [7, 11) is 1.89. The van der Waals surface area contributed by atoms with Crippen molar-refractivity contribution in [2.75, 3.05) is 18.5 Å². The Balaban J connectivity index is 1.84. The van der Waals surface area contributed by atoms with E-state index in [-0.39, 0.29) is 12.0 Å². The molecule has 30 heavy (non-hydrogen) atoms. The van der Waals surface area contributed by atoms with Gasteiger partial charge in [0, 0.05) is 49.4 Å². The van der Waals surface area contributed by atoms with Crippen LogP contribution in [0.5, 0.6) is 0 Å².